The number of aryl methyl sites for hydroxylation is 1. The first-order chi connectivity index (χ1) is 11.6. The zero-order valence-electron chi connectivity index (χ0n) is 14.0. The zero-order valence-corrected chi connectivity index (χ0v) is 14.0. The van der Waals surface area contributed by atoms with Gasteiger partial charge in [-0.2, -0.15) is 5.10 Å². The summed E-state index contributed by atoms with van der Waals surface area (Å²) >= 11 is 0. The van der Waals surface area contributed by atoms with Crippen LogP contribution in [0.1, 0.15) is 25.3 Å². The van der Waals surface area contributed by atoms with Crippen molar-refractivity contribution in [2.24, 2.45) is 0 Å². The number of rotatable bonds is 6. The van der Waals surface area contributed by atoms with Crippen LogP contribution in [0.25, 0.3) is 11.3 Å². The van der Waals surface area contributed by atoms with Gasteiger partial charge in [0, 0.05) is 18.2 Å². The summed E-state index contributed by atoms with van der Waals surface area (Å²) in [4.78, 5) is 12.2. The Hall–Kier alpha value is -2.18. The van der Waals surface area contributed by atoms with Gasteiger partial charge in [-0.15, -0.1) is 0 Å². The molecule has 1 aromatic heterocycles. The van der Waals surface area contributed by atoms with Crippen molar-refractivity contribution in [1.29, 1.82) is 0 Å². The van der Waals surface area contributed by atoms with Gasteiger partial charge in [0.1, 0.15) is 6.10 Å². The number of nitrogens with zero attached hydrogens (tertiary/aromatic N) is 1. The van der Waals surface area contributed by atoms with Crippen LogP contribution in [-0.2, 0) is 14.3 Å². The highest BCUT2D eigenvalue weighted by molar-refractivity contribution is 5.93. The molecule has 0 bridgehead atoms. The summed E-state index contributed by atoms with van der Waals surface area (Å²) in [5.41, 5.74) is 3.08. The van der Waals surface area contributed by atoms with Crippen LogP contribution in [0.5, 0.6) is 0 Å². The Morgan fingerprint density at radius 2 is 2.33 bits per heavy atom. The van der Waals surface area contributed by atoms with Crippen LogP contribution >= 0.6 is 0 Å². The monoisotopic (exact) mass is 329 g/mol. The van der Waals surface area contributed by atoms with Gasteiger partial charge in [0.2, 0.25) is 0 Å². The first kappa shape index (κ1) is 16.7. The normalized spacial score (nSPS) is 18.5. The van der Waals surface area contributed by atoms with E-state index in [0.717, 1.165) is 36.3 Å². The topological polar surface area (TPSA) is 76.2 Å². The number of aromatic amines is 1. The summed E-state index contributed by atoms with van der Waals surface area (Å²) < 4.78 is 11.1. The van der Waals surface area contributed by atoms with Gasteiger partial charge in [-0.3, -0.25) is 9.89 Å². The lowest BCUT2D eigenvalue weighted by Gasteiger charge is -2.15. The predicted octanol–water partition coefficient (Wildman–Crippen LogP) is 2.91. The minimum Gasteiger partial charge on any atom is -0.376 e. The van der Waals surface area contributed by atoms with Crippen LogP contribution in [0.3, 0.4) is 0 Å². The van der Waals surface area contributed by atoms with Crippen molar-refractivity contribution in [3.63, 3.8) is 0 Å². The van der Waals surface area contributed by atoms with E-state index >= 15 is 0 Å². The lowest BCUT2D eigenvalue weighted by Crippen LogP contribution is -2.30. The average molecular weight is 329 g/mol. The molecule has 1 fully saturated rings. The third kappa shape index (κ3) is 4.01. The zero-order chi connectivity index (χ0) is 16.9. The molecule has 0 spiro atoms. The smallest absolute Gasteiger partial charge is 0.254 e. The highest BCUT2D eigenvalue weighted by atomic mass is 16.5. The van der Waals surface area contributed by atoms with Gasteiger partial charge < -0.3 is 14.8 Å². The van der Waals surface area contributed by atoms with Gasteiger partial charge in [-0.1, -0.05) is 24.3 Å². The maximum Gasteiger partial charge on any atom is 0.254 e. The summed E-state index contributed by atoms with van der Waals surface area (Å²) in [5, 5.41) is 9.89. The number of nitrogens with one attached hydrogen (secondary N) is 2. The first-order valence-electron chi connectivity index (χ1n) is 8.29. The third-order valence-electron chi connectivity index (χ3n) is 4.19. The molecular weight excluding hydrogens is 306 g/mol. The number of carbonyl (C=O) groups excluding carboxylic acids is 1. The average Bonchev–Trinajstić information content (AvgIpc) is 3.24. The second-order valence-corrected chi connectivity index (χ2v) is 6.08. The van der Waals surface area contributed by atoms with Crippen LogP contribution in [-0.4, -0.2) is 41.5 Å². The molecular formula is C18H23N3O3. The van der Waals surface area contributed by atoms with Gasteiger partial charge >= 0.3 is 0 Å². The number of aromatic nitrogens is 2. The van der Waals surface area contributed by atoms with Gasteiger partial charge in [0.25, 0.3) is 5.91 Å². The maximum absolute atomic E-state index is 12.2. The Kier molecular flexibility index (Phi) is 5.27. The van der Waals surface area contributed by atoms with Crippen LogP contribution in [0.4, 0.5) is 5.82 Å². The molecule has 1 aliphatic rings. The van der Waals surface area contributed by atoms with Gasteiger partial charge in [-0.05, 0) is 32.3 Å². The number of anilines is 1. The summed E-state index contributed by atoms with van der Waals surface area (Å²) in [7, 11) is 0. The van der Waals surface area contributed by atoms with Crippen LogP contribution < -0.4 is 5.32 Å². The maximum atomic E-state index is 12.2. The number of ether oxygens (including phenoxy) is 2. The summed E-state index contributed by atoms with van der Waals surface area (Å²) in [6.45, 7) is 5.00. The predicted molar refractivity (Wildman–Crippen MR) is 91.8 cm³/mol. The number of carbonyl (C=O) groups is 1. The lowest BCUT2D eigenvalue weighted by atomic mass is 10.1. The Balaban J connectivity index is 1.55. The fourth-order valence-corrected chi connectivity index (χ4v) is 2.73. The van der Waals surface area contributed by atoms with Gasteiger partial charge in [-0.25, -0.2) is 0 Å². The number of amides is 1. The molecule has 0 unspecified atom stereocenters. The van der Waals surface area contributed by atoms with Crippen molar-refractivity contribution in [3.05, 3.63) is 35.9 Å². The number of benzene rings is 1. The molecule has 0 radical (unpaired) electrons. The van der Waals surface area contributed by atoms with E-state index < -0.39 is 6.10 Å². The minimum atomic E-state index is -0.548. The van der Waals surface area contributed by atoms with Crippen molar-refractivity contribution in [2.75, 3.05) is 18.5 Å². The van der Waals surface area contributed by atoms with Crippen molar-refractivity contribution in [3.8, 4) is 11.3 Å². The third-order valence-corrected chi connectivity index (χ3v) is 4.19. The van der Waals surface area contributed by atoms with Crippen LogP contribution in [0.2, 0.25) is 0 Å². The molecule has 2 aromatic rings. The van der Waals surface area contributed by atoms with Crippen molar-refractivity contribution >= 4 is 11.7 Å². The van der Waals surface area contributed by atoms with Crippen LogP contribution in [0.15, 0.2) is 30.3 Å². The molecule has 1 aromatic carbocycles. The van der Waals surface area contributed by atoms with Crippen molar-refractivity contribution in [2.45, 2.75) is 38.9 Å². The molecule has 6 heteroatoms. The molecule has 1 aliphatic heterocycles. The lowest BCUT2D eigenvalue weighted by molar-refractivity contribution is -0.128. The molecule has 0 saturated carbocycles. The Bertz CT molecular complexity index is 692. The highest BCUT2D eigenvalue weighted by Gasteiger charge is 2.20. The molecule has 0 aliphatic carbocycles. The van der Waals surface area contributed by atoms with Crippen LogP contribution in [0, 0.1) is 6.92 Å². The highest BCUT2D eigenvalue weighted by Crippen LogP contribution is 2.23. The fraction of sp³-hybridized carbons (Fsp3) is 0.444. The molecule has 3 rings (SSSR count). The molecule has 2 N–H and O–H groups in total. The van der Waals surface area contributed by atoms with Crippen molar-refractivity contribution < 1.29 is 14.3 Å². The summed E-state index contributed by atoms with van der Waals surface area (Å²) in [6, 6.07) is 9.84. The van der Waals surface area contributed by atoms with E-state index in [1.54, 1.807) is 6.92 Å². The van der Waals surface area contributed by atoms with E-state index in [4.69, 9.17) is 9.47 Å². The van der Waals surface area contributed by atoms with E-state index in [2.05, 4.69) is 15.5 Å². The molecule has 1 amide bonds. The van der Waals surface area contributed by atoms with Gasteiger partial charge in [0.05, 0.1) is 18.4 Å². The van der Waals surface area contributed by atoms with E-state index in [9.17, 15) is 4.79 Å². The number of hydrogen-bond acceptors (Lipinski definition) is 4. The standard InChI is InChI=1S/C18H23N3O3/c1-12-6-3-4-8-15(12)16-10-17(21-20-16)19-18(22)13(2)24-11-14-7-5-9-23-14/h3-4,6,8,10,13-14H,5,7,9,11H2,1-2H3,(H2,19,20,21,22)/t13-,14+/m0/s1. The minimum absolute atomic E-state index is 0.110. The number of H-pyrrole nitrogens is 1. The second kappa shape index (κ2) is 7.59. The molecule has 6 nitrogen and oxygen atoms in total. The first-order valence-corrected chi connectivity index (χ1v) is 8.29. The van der Waals surface area contributed by atoms with E-state index in [1.807, 2.05) is 37.3 Å². The molecule has 24 heavy (non-hydrogen) atoms. The summed E-state index contributed by atoms with van der Waals surface area (Å²) in [5.74, 6) is 0.279. The molecule has 128 valence electrons. The molecule has 2 heterocycles. The Labute approximate surface area is 141 Å². The van der Waals surface area contributed by atoms with Gasteiger partial charge in [0.15, 0.2) is 5.82 Å². The quantitative estimate of drug-likeness (QED) is 0.854. The Morgan fingerprint density at radius 1 is 1.50 bits per heavy atom. The summed E-state index contributed by atoms with van der Waals surface area (Å²) in [6.07, 6.45) is 1.61. The largest absolute Gasteiger partial charge is 0.376 e. The Morgan fingerprint density at radius 3 is 3.08 bits per heavy atom. The molecule has 2 atom stereocenters. The fourth-order valence-electron chi connectivity index (χ4n) is 2.73. The van der Waals surface area contributed by atoms with E-state index in [0.29, 0.717) is 12.4 Å². The second-order valence-electron chi connectivity index (χ2n) is 6.08. The molecule has 1 saturated heterocycles. The van der Waals surface area contributed by atoms with Crippen molar-refractivity contribution in [1.82, 2.24) is 10.2 Å². The van der Waals surface area contributed by atoms with E-state index in [-0.39, 0.29) is 12.0 Å². The SMILES string of the molecule is Cc1ccccc1-c1cc(NC(=O)[C@H](C)OC[C@H]2CCCO2)n[nH]1. The number of hydrogen-bond donors (Lipinski definition) is 2. The van der Waals surface area contributed by atoms with E-state index in [1.165, 1.54) is 0 Å².